The average molecular weight is 344 g/mol. The van der Waals surface area contributed by atoms with E-state index in [9.17, 15) is 8.78 Å². The SMILES string of the molecule is COc1ccc(-c2nnc3sc(-c4cc(F)ccc4F)nn23)cc1. The highest BCUT2D eigenvalue weighted by Gasteiger charge is 2.17. The maximum absolute atomic E-state index is 13.9. The summed E-state index contributed by atoms with van der Waals surface area (Å²) in [5.41, 5.74) is 0.894. The first kappa shape index (κ1) is 14.7. The van der Waals surface area contributed by atoms with E-state index in [1.165, 1.54) is 4.52 Å². The van der Waals surface area contributed by atoms with Crippen molar-refractivity contribution < 1.29 is 13.5 Å². The highest BCUT2D eigenvalue weighted by molar-refractivity contribution is 7.19. The molecule has 120 valence electrons. The second kappa shape index (κ2) is 5.64. The summed E-state index contributed by atoms with van der Waals surface area (Å²) in [7, 11) is 1.59. The van der Waals surface area contributed by atoms with E-state index in [0.29, 0.717) is 15.8 Å². The van der Waals surface area contributed by atoms with Crippen molar-refractivity contribution in [2.75, 3.05) is 7.11 Å². The van der Waals surface area contributed by atoms with Gasteiger partial charge in [-0.2, -0.15) is 9.61 Å². The zero-order valence-corrected chi connectivity index (χ0v) is 13.2. The minimum absolute atomic E-state index is 0.103. The molecule has 4 rings (SSSR count). The molecule has 0 unspecified atom stereocenters. The molecule has 0 spiro atoms. The van der Waals surface area contributed by atoms with Gasteiger partial charge in [-0.05, 0) is 42.5 Å². The molecule has 0 N–H and O–H groups in total. The van der Waals surface area contributed by atoms with E-state index < -0.39 is 11.6 Å². The topological polar surface area (TPSA) is 52.3 Å². The summed E-state index contributed by atoms with van der Waals surface area (Å²) < 4.78 is 34.0. The summed E-state index contributed by atoms with van der Waals surface area (Å²) >= 11 is 1.14. The standard InChI is InChI=1S/C16H10F2N4OS/c1-23-11-5-2-9(3-6-11)14-19-20-16-22(14)21-15(24-16)12-8-10(17)4-7-13(12)18/h2-8H,1H3. The van der Waals surface area contributed by atoms with Gasteiger partial charge in [0.05, 0.1) is 12.7 Å². The van der Waals surface area contributed by atoms with Crippen molar-refractivity contribution >= 4 is 16.3 Å². The van der Waals surface area contributed by atoms with Gasteiger partial charge in [-0.3, -0.25) is 0 Å². The molecule has 2 aromatic carbocycles. The lowest BCUT2D eigenvalue weighted by Crippen LogP contribution is -1.92. The lowest BCUT2D eigenvalue weighted by atomic mass is 10.2. The number of hydrogen-bond donors (Lipinski definition) is 0. The molecule has 2 heterocycles. The van der Waals surface area contributed by atoms with E-state index in [4.69, 9.17) is 4.74 Å². The summed E-state index contributed by atoms with van der Waals surface area (Å²) in [5, 5.41) is 12.8. The van der Waals surface area contributed by atoms with Gasteiger partial charge in [-0.25, -0.2) is 8.78 Å². The predicted octanol–water partition coefficient (Wildman–Crippen LogP) is 3.81. The summed E-state index contributed by atoms with van der Waals surface area (Å²) in [6.45, 7) is 0. The van der Waals surface area contributed by atoms with Crippen LogP contribution < -0.4 is 4.74 Å². The predicted molar refractivity (Wildman–Crippen MR) is 86.0 cm³/mol. The molecule has 0 atom stereocenters. The minimum Gasteiger partial charge on any atom is -0.497 e. The molecule has 0 amide bonds. The van der Waals surface area contributed by atoms with E-state index in [2.05, 4.69) is 15.3 Å². The van der Waals surface area contributed by atoms with Crippen LogP contribution in [0.2, 0.25) is 0 Å². The molecule has 0 saturated carbocycles. The van der Waals surface area contributed by atoms with E-state index in [1.807, 2.05) is 12.1 Å². The quantitative estimate of drug-likeness (QED) is 0.567. The molecule has 5 nitrogen and oxygen atoms in total. The van der Waals surface area contributed by atoms with Crippen molar-refractivity contribution in [3.8, 4) is 27.7 Å². The second-order valence-corrected chi connectivity index (χ2v) is 5.93. The number of aromatic nitrogens is 4. The zero-order valence-electron chi connectivity index (χ0n) is 12.4. The maximum Gasteiger partial charge on any atom is 0.235 e. The molecule has 0 fully saturated rings. The Kier molecular flexibility index (Phi) is 3.46. The monoisotopic (exact) mass is 344 g/mol. The lowest BCUT2D eigenvalue weighted by molar-refractivity contribution is 0.415. The van der Waals surface area contributed by atoms with E-state index in [1.54, 1.807) is 19.2 Å². The Morgan fingerprint density at radius 2 is 1.83 bits per heavy atom. The number of hydrogen-bond acceptors (Lipinski definition) is 5. The van der Waals surface area contributed by atoms with Gasteiger partial charge < -0.3 is 4.74 Å². The molecular weight excluding hydrogens is 334 g/mol. The third kappa shape index (κ3) is 2.41. The fourth-order valence-electron chi connectivity index (χ4n) is 2.31. The van der Waals surface area contributed by atoms with Gasteiger partial charge in [-0.15, -0.1) is 10.2 Å². The van der Waals surface area contributed by atoms with Gasteiger partial charge in [0.25, 0.3) is 0 Å². The Morgan fingerprint density at radius 1 is 1.04 bits per heavy atom. The highest BCUT2D eigenvalue weighted by atomic mass is 32.1. The first-order valence-electron chi connectivity index (χ1n) is 6.98. The summed E-state index contributed by atoms with van der Waals surface area (Å²) in [5.74, 6) is 0.187. The van der Waals surface area contributed by atoms with Crippen LogP contribution in [-0.4, -0.2) is 26.9 Å². The molecule has 0 aliphatic heterocycles. The van der Waals surface area contributed by atoms with Gasteiger partial charge in [0.2, 0.25) is 4.96 Å². The summed E-state index contributed by atoms with van der Waals surface area (Å²) in [6.07, 6.45) is 0. The van der Waals surface area contributed by atoms with Gasteiger partial charge >= 0.3 is 0 Å². The van der Waals surface area contributed by atoms with Crippen molar-refractivity contribution in [2.45, 2.75) is 0 Å². The largest absolute Gasteiger partial charge is 0.497 e. The number of rotatable bonds is 3. The van der Waals surface area contributed by atoms with Crippen LogP contribution in [0.4, 0.5) is 8.78 Å². The molecule has 8 heteroatoms. The molecule has 0 saturated heterocycles. The lowest BCUT2D eigenvalue weighted by Gasteiger charge is -2.01. The van der Waals surface area contributed by atoms with Crippen LogP contribution >= 0.6 is 11.3 Å². The Hall–Kier alpha value is -2.87. The van der Waals surface area contributed by atoms with Crippen LogP contribution in [0.1, 0.15) is 0 Å². The molecular formula is C16H10F2N4OS. The van der Waals surface area contributed by atoms with Crippen LogP contribution in [0.25, 0.3) is 26.9 Å². The van der Waals surface area contributed by atoms with Crippen LogP contribution in [0.15, 0.2) is 42.5 Å². The number of fused-ring (bicyclic) bond motifs is 1. The van der Waals surface area contributed by atoms with Crippen molar-refractivity contribution in [3.63, 3.8) is 0 Å². The van der Waals surface area contributed by atoms with Gasteiger partial charge in [0, 0.05) is 5.56 Å². The third-order valence-corrected chi connectivity index (χ3v) is 4.43. The minimum atomic E-state index is -0.535. The highest BCUT2D eigenvalue weighted by Crippen LogP contribution is 2.30. The van der Waals surface area contributed by atoms with E-state index in [-0.39, 0.29) is 5.56 Å². The van der Waals surface area contributed by atoms with Crippen molar-refractivity contribution in [2.24, 2.45) is 0 Å². The average Bonchev–Trinajstić information content (AvgIpc) is 3.17. The number of ether oxygens (including phenoxy) is 1. The molecule has 2 aromatic heterocycles. The molecule has 24 heavy (non-hydrogen) atoms. The smallest absolute Gasteiger partial charge is 0.235 e. The maximum atomic E-state index is 13.9. The number of nitrogens with zero attached hydrogens (tertiary/aromatic N) is 4. The fourth-order valence-corrected chi connectivity index (χ4v) is 3.16. The van der Waals surface area contributed by atoms with Crippen LogP contribution in [-0.2, 0) is 0 Å². The number of halogens is 2. The molecule has 0 radical (unpaired) electrons. The number of methoxy groups -OCH3 is 1. The first-order valence-corrected chi connectivity index (χ1v) is 7.79. The van der Waals surface area contributed by atoms with Gasteiger partial charge in [0.15, 0.2) is 10.8 Å². The molecule has 0 bridgehead atoms. The first-order chi connectivity index (χ1) is 11.7. The Bertz CT molecular complexity index is 1030. The Balaban J connectivity index is 1.82. The van der Waals surface area contributed by atoms with E-state index in [0.717, 1.165) is 40.8 Å². The van der Waals surface area contributed by atoms with Crippen molar-refractivity contribution in [1.82, 2.24) is 19.8 Å². The van der Waals surface area contributed by atoms with Gasteiger partial charge in [0.1, 0.15) is 17.4 Å². The zero-order chi connectivity index (χ0) is 16.7. The number of benzene rings is 2. The molecule has 0 aliphatic rings. The van der Waals surface area contributed by atoms with Crippen molar-refractivity contribution in [3.05, 3.63) is 54.1 Å². The molecule has 4 aromatic rings. The summed E-state index contributed by atoms with van der Waals surface area (Å²) in [6, 6.07) is 10.5. The third-order valence-electron chi connectivity index (χ3n) is 3.50. The van der Waals surface area contributed by atoms with Crippen LogP contribution in [0, 0.1) is 11.6 Å². The Morgan fingerprint density at radius 3 is 2.58 bits per heavy atom. The fraction of sp³-hybridized carbons (Fsp3) is 0.0625. The molecule has 0 aliphatic carbocycles. The van der Waals surface area contributed by atoms with Crippen molar-refractivity contribution in [1.29, 1.82) is 0 Å². The van der Waals surface area contributed by atoms with E-state index >= 15 is 0 Å². The summed E-state index contributed by atoms with van der Waals surface area (Å²) in [4.78, 5) is 0.500. The second-order valence-electron chi connectivity index (χ2n) is 4.98. The van der Waals surface area contributed by atoms with Crippen LogP contribution in [0.3, 0.4) is 0 Å². The Labute approximate surface area is 139 Å². The van der Waals surface area contributed by atoms with Gasteiger partial charge in [-0.1, -0.05) is 11.3 Å². The van der Waals surface area contributed by atoms with Crippen LogP contribution in [0.5, 0.6) is 5.75 Å². The normalized spacial score (nSPS) is 11.1.